The third-order valence-corrected chi connectivity index (χ3v) is 4.07. The van der Waals surface area contributed by atoms with Crippen LogP contribution in [0.2, 0.25) is 0 Å². The lowest BCUT2D eigenvalue weighted by Gasteiger charge is -2.25. The van der Waals surface area contributed by atoms with Gasteiger partial charge in [0.05, 0.1) is 19.2 Å². The van der Waals surface area contributed by atoms with E-state index in [1.807, 2.05) is 0 Å². The molecule has 1 aliphatic carbocycles. The van der Waals surface area contributed by atoms with Crippen molar-refractivity contribution in [3.8, 4) is 0 Å². The van der Waals surface area contributed by atoms with E-state index in [1.165, 1.54) is 17.8 Å². The van der Waals surface area contributed by atoms with E-state index in [1.54, 1.807) is 0 Å². The molecule has 112 valence electrons. The number of H-pyrrole nitrogens is 1. The third-order valence-electron chi connectivity index (χ3n) is 4.07. The number of imidazole rings is 1. The fourth-order valence-corrected chi connectivity index (χ4v) is 2.97. The molecule has 0 bridgehead atoms. The van der Waals surface area contributed by atoms with Gasteiger partial charge in [0, 0.05) is 5.92 Å². The highest BCUT2D eigenvalue weighted by molar-refractivity contribution is 5.72. The van der Waals surface area contributed by atoms with E-state index in [4.69, 9.17) is 10.5 Å². The van der Waals surface area contributed by atoms with Crippen molar-refractivity contribution in [1.82, 2.24) is 19.6 Å². The van der Waals surface area contributed by atoms with Crippen molar-refractivity contribution in [2.24, 2.45) is 5.92 Å². The number of aromatic nitrogens is 4. The molecule has 1 saturated carbocycles. The number of hydrogen-bond acceptors (Lipinski definition) is 6. The molecule has 8 nitrogen and oxygen atoms in total. The normalized spacial score (nSPS) is 22.3. The minimum Gasteiger partial charge on any atom is -0.469 e. The number of aromatic amines is 1. The summed E-state index contributed by atoms with van der Waals surface area (Å²) >= 11 is 0. The summed E-state index contributed by atoms with van der Waals surface area (Å²) in [6.07, 6.45) is 4.64. The van der Waals surface area contributed by atoms with Gasteiger partial charge in [-0.15, -0.1) is 5.10 Å². The van der Waals surface area contributed by atoms with Crippen molar-refractivity contribution in [3.05, 3.63) is 22.4 Å². The number of carbonyl (C=O) groups is 1. The Balaban J connectivity index is 1.86. The van der Waals surface area contributed by atoms with Crippen LogP contribution in [0.1, 0.15) is 37.4 Å². The first-order valence-corrected chi connectivity index (χ1v) is 6.91. The number of ether oxygens (including phenoxy) is 1. The lowest BCUT2D eigenvalue weighted by Crippen LogP contribution is -2.23. The average Bonchev–Trinajstić information content (AvgIpc) is 2.90. The van der Waals surface area contributed by atoms with Crippen LogP contribution in [0, 0.1) is 5.92 Å². The van der Waals surface area contributed by atoms with Gasteiger partial charge in [-0.1, -0.05) is 0 Å². The summed E-state index contributed by atoms with van der Waals surface area (Å²) in [4.78, 5) is 30.1. The number of rotatable bonds is 2. The molecule has 0 spiro atoms. The van der Waals surface area contributed by atoms with Crippen LogP contribution >= 0.6 is 0 Å². The number of esters is 1. The first kappa shape index (κ1) is 13.6. The lowest BCUT2D eigenvalue weighted by molar-refractivity contribution is -0.146. The predicted octanol–water partition coefficient (Wildman–Crippen LogP) is 0.447. The fraction of sp³-hybridized carbons (Fsp3) is 0.538. The third kappa shape index (κ3) is 2.37. The van der Waals surface area contributed by atoms with E-state index in [2.05, 4.69) is 15.1 Å². The molecule has 2 heterocycles. The Kier molecular flexibility index (Phi) is 3.36. The van der Waals surface area contributed by atoms with Gasteiger partial charge in [-0.2, -0.15) is 0 Å². The number of anilines is 1. The molecule has 1 aliphatic rings. The summed E-state index contributed by atoms with van der Waals surface area (Å²) in [6, 6.07) is 0. The zero-order valence-electron chi connectivity index (χ0n) is 11.7. The molecular formula is C13H17N5O3. The molecule has 8 heteroatoms. The van der Waals surface area contributed by atoms with Gasteiger partial charge in [0.1, 0.15) is 5.82 Å². The highest BCUT2D eigenvalue weighted by atomic mass is 16.5. The van der Waals surface area contributed by atoms with E-state index in [0.717, 1.165) is 31.5 Å². The van der Waals surface area contributed by atoms with Gasteiger partial charge in [0.2, 0.25) is 5.95 Å². The van der Waals surface area contributed by atoms with Crippen LogP contribution in [0.25, 0.3) is 5.52 Å². The van der Waals surface area contributed by atoms with Gasteiger partial charge in [-0.3, -0.25) is 14.6 Å². The second-order valence-corrected chi connectivity index (χ2v) is 5.32. The molecule has 0 radical (unpaired) electrons. The smallest absolute Gasteiger partial charge is 0.308 e. The van der Waals surface area contributed by atoms with Gasteiger partial charge in [0.15, 0.2) is 5.52 Å². The van der Waals surface area contributed by atoms with Crippen molar-refractivity contribution in [2.45, 2.75) is 31.6 Å². The van der Waals surface area contributed by atoms with Crippen LogP contribution < -0.4 is 11.3 Å². The molecule has 0 aliphatic heterocycles. The molecule has 2 aromatic heterocycles. The van der Waals surface area contributed by atoms with Crippen LogP contribution in [0.15, 0.2) is 11.0 Å². The molecule has 0 aromatic carbocycles. The molecule has 1 fully saturated rings. The van der Waals surface area contributed by atoms with Crippen LogP contribution in [0.5, 0.6) is 0 Å². The largest absolute Gasteiger partial charge is 0.469 e. The Morgan fingerprint density at radius 3 is 2.81 bits per heavy atom. The van der Waals surface area contributed by atoms with E-state index < -0.39 is 0 Å². The zero-order chi connectivity index (χ0) is 15.0. The predicted molar refractivity (Wildman–Crippen MR) is 74.7 cm³/mol. The summed E-state index contributed by atoms with van der Waals surface area (Å²) < 4.78 is 6.29. The lowest BCUT2D eigenvalue weighted by atomic mass is 9.81. The number of nitrogens with two attached hydrogens (primary N) is 1. The van der Waals surface area contributed by atoms with Gasteiger partial charge >= 0.3 is 5.97 Å². The monoisotopic (exact) mass is 291 g/mol. The molecule has 3 rings (SSSR count). The molecule has 3 N–H and O–H groups in total. The SMILES string of the molecule is COC(=O)C1CCC(c2ncc3c(=O)[nH]c(N)nn23)CC1. The van der Waals surface area contributed by atoms with Crippen LogP contribution in [0.3, 0.4) is 0 Å². The summed E-state index contributed by atoms with van der Waals surface area (Å²) in [6.45, 7) is 0. The van der Waals surface area contributed by atoms with Crippen LogP contribution in [0.4, 0.5) is 5.95 Å². The quantitative estimate of drug-likeness (QED) is 0.776. The number of carbonyl (C=O) groups excluding carboxylic acids is 1. The Bertz CT molecular complexity index is 727. The molecule has 2 aromatic rings. The Morgan fingerprint density at radius 2 is 2.14 bits per heavy atom. The summed E-state index contributed by atoms with van der Waals surface area (Å²) in [5.74, 6) is 0.766. The van der Waals surface area contributed by atoms with Gasteiger partial charge < -0.3 is 10.5 Å². The Morgan fingerprint density at radius 1 is 1.43 bits per heavy atom. The molecule has 0 saturated heterocycles. The van der Waals surface area contributed by atoms with E-state index in [0.29, 0.717) is 5.52 Å². The van der Waals surface area contributed by atoms with E-state index in [9.17, 15) is 9.59 Å². The Labute approximate surface area is 120 Å². The van der Waals surface area contributed by atoms with Crippen molar-refractivity contribution in [1.29, 1.82) is 0 Å². The van der Waals surface area contributed by atoms with E-state index >= 15 is 0 Å². The average molecular weight is 291 g/mol. The first-order valence-electron chi connectivity index (χ1n) is 6.91. The van der Waals surface area contributed by atoms with Crippen LogP contribution in [-0.2, 0) is 9.53 Å². The van der Waals surface area contributed by atoms with Crippen molar-refractivity contribution in [2.75, 3.05) is 12.8 Å². The van der Waals surface area contributed by atoms with Crippen LogP contribution in [-0.4, -0.2) is 32.7 Å². The highest BCUT2D eigenvalue weighted by Gasteiger charge is 2.30. The number of fused-ring (bicyclic) bond motifs is 1. The number of hydrogen-bond donors (Lipinski definition) is 2. The summed E-state index contributed by atoms with van der Waals surface area (Å²) in [7, 11) is 1.41. The molecule has 0 atom stereocenters. The molecular weight excluding hydrogens is 274 g/mol. The maximum atomic E-state index is 11.8. The summed E-state index contributed by atoms with van der Waals surface area (Å²) in [5.41, 5.74) is 5.67. The Hall–Kier alpha value is -2.38. The van der Waals surface area contributed by atoms with Gasteiger partial charge in [-0.25, -0.2) is 9.50 Å². The minimum atomic E-state index is -0.301. The number of methoxy groups -OCH3 is 1. The summed E-state index contributed by atoms with van der Waals surface area (Å²) in [5, 5.41) is 4.13. The first-order chi connectivity index (χ1) is 10.1. The standard InChI is InChI=1S/C13H17N5O3/c1-21-12(20)8-4-2-7(3-5-8)10-15-6-9-11(19)16-13(14)17-18(9)10/h6-8H,2-5H2,1H3,(H3,14,16,17,19). The topological polar surface area (TPSA) is 115 Å². The minimum absolute atomic E-state index is 0.0427. The fourth-order valence-electron chi connectivity index (χ4n) is 2.97. The maximum Gasteiger partial charge on any atom is 0.308 e. The second-order valence-electron chi connectivity index (χ2n) is 5.32. The maximum absolute atomic E-state index is 11.8. The second kappa shape index (κ2) is 5.19. The molecule has 21 heavy (non-hydrogen) atoms. The zero-order valence-corrected chi connectivity index (χ0v) is 11.7. The van der Waals surface area contributed by atoms with Gasteiger partial charge in [0.25, 0.3) is 5.56 Å². The van der Waals surface area contributed by atoms with Gasteiger partial charge in [-0.05, 0) is 25.7 Å². The van der Waals surface area contributed by atoms with E-state index in [-0.39, 0.29) is 29.3 Å². The highest BCUT2D eigenvalue weighted by Crippen LogP contribution is 2.35. The van der Waals surface area contributed by atoms with Crippen molar-refractivity contribution in [3.63, 3.8) is 0 Å². The number of nitrogen functional groups attached to an aromatic ring is 1. The number of nitrogens with zero attached hydrogens (tertiary/aromatic N) is 3. The molecule has 0 amide bonds. The van der Waals surface area contributed by atoms with Crippen molar-refractivity contribution >= 4 is 17.4 Å². The van der Waals surface area contributed by atoms with Crippen molar-refractivity contribution < 1.29 is 9.53 Å². The molecule has 0 unspecified atom stereocenters. The number of nitrogens with one attached hydrogen (secondary N) is 1.